The molecular weight excluding hydrogens is 314 g/mol. The fraction of sp³-hybridized carbons (Fsp3) is 0.118. The Hall–Kier alpha value is -2.66. The first kappa shape index (κ1) is 15.2. The Labute approximate surface area is 138 Å². The van der Waals surface area contributed by atoms with E-state index in [1.165, 1.54) is 0 Å². The van der Waals surface area contributed by atoms with Crippen LogP contribution in [0.2, 0.25) is 5.02 Å². The van der Waals surface area contributed by atoms with Gasteiger partial charge in [0, 0.05) is 23.2 Å². The van der Waals surface area contributed by atoms with Gasteiger partial charge in [-0.1, -0.05) is 29.8 Å². The van der Waals surface area contributed by atoms with Crippen LogP contribution in [0.4, 0.5) is 5.69 Å². The highest BCUT2D eigenvalue weighted by atomic mass is 35.5. The first-order valence-corrected chi connectivity index (χ1v) is 7.43. The van der Waals surface area contributed by atoms with Gasteiger partial charge in [-0.2, -0.15) is 0 Å². The Morgan fingerprint density at radius 2 is 2.00 bits per heavy atom. The number of nitrogens with one attached hydrogen (secondary N) is 1. The number of aryl methyl sites for hydroxylation is 1. The highest BCUT2D eigenvalue weighted by Crippen LogP contribution is 2.21. The summed E-state index contributed by atoms with van der Waals surface area (Å²) in [6.07, 6.45) is 0.254. The van der Waals surface area contributed by atoms with Crippen molar-refractivity contribution < 1.29 is 9.21 Å². The van der Waals surface area contributed by atoms with Crippen LogP contribution in [0.1, 0.15) is 11.5 Å². The van der Waals surface area contributed by atoms with Crippen molar-refractivity contribution in [2.45, 2.75) is 13.3 Å². The molecule has 0 spiro atoms. The number of carbonyl (C=O) groups excluding carboxylic acids is 1. The van der Waals surface area contributed by atoms with Crippen molar-refractivity contribution in [3.05, 3.63) is 65.0 Å². The molecule has 0 saturated carbocycles. The van der Waals surface area contributed by atoms with Gasteiger partial charge in [0.25, 0.3) is 0 Å². The number of benzene rings is 2. The zero-order chi connectivity index (χ0) is 16.2. The molecule has 0 saturated heterocycles. The third-order valence-corrected chi connectivity index (χ3v) is 3.41. The second-order valence-corrected chi connectivity index (χ2v) is 5.50. The maximum absolute atomic E-state index is 12.1. The van der Waals surface area contributed by atoms with Crippen LogP contribution in [0.3, 0.4) is 0 Å². The molecule has 0 unspecified atom stereocenters. The van der Waals surface area contributed by atoms with Crippen molar-refractivity contribution in [1.29, 1.82) is 0 Å². The lowest BCUT2D eigenvalue weighted by molar-refractivity contribution is -0.115. The normalized spacial score (nSPS) is 10.5. The lowest BCUT2D eigenvalue weighted by atomic mass is 10.1. The van der Waals surface area contributed by atoms with E-state index in [0.717, 1.165) is 11.1 Å². The zero-order valence-corrected chi connectivity index (χ0v) is 13.2. The molecule has 3 rings (SSSR count). The first-order chi connectivity index (χ1) is 11.1. The van der Waals surface area contributed by atoms with Crippen molar-refractivity contribution in [3.63, 3.8) is 0 Å². The van der Waals surface area contributed by atoms with Crippen LogP contribution < -0.4 is 5.32 Å². The van der Waals surface area contributed by atoms with Gasteiger partial charge < -0.3 is 9.73 Å². The van der Waals surface area contributed by atoms with Gasteiger partial charge in [0.15, 0.2) is 0 Å². The predicted molar refractivity (Wildman–Crippen MR) is 88.3 cm³/mol. The minimum absolute atomic E-state index is 0.119. The van der Waals surface area contributed by atoms with E-state index in [9.17, 15) is 4.79 Å². The quantitative estimate of drug-likeness (QED) is 0.789. The van der Waals surface area contributed by atoms with Gasteiger partial charge in [-0.05, 0) is 35.9 Å². The molecule has 2 aromatic carbocycles. The van der Waals surface area contributed by atoms with Gasteiger partial charge in [0.1, 0.15) is 0 Å². The van der Waals surface area contributed by atoms with Crippen LogP contribution in [0, 0.1) is 6.92 Å². The van der Waals surface area contributed by atoms with Gasteiger partial charge in [0.2, 0.25) is 17.7 Å². The highest BCUT2D eigenvalue weighted by molar-refractivity contribution is 6.30. The minimum Gasteiger partial charge on any atom is -0.421 e. The van der Waals surface area contributed by atoms with Crippen molar-refractivity contribution >= 4 is 23.2 Å². The molecule has 3 aromatic rings. The monoisotopic (exact) mass is 327 g/mol. The average Bonchev–Trinajstić information content (AvgIpc) is 2.94. The summed E-state index contributed by atoms with van der Waals surface area (Å²) in [7, 11) is 0. The van der Waals surface area contributed by atoms with Gasteiger partial charge in [-0.15, -0.1) is 10.2 Å². The van der Waals surface area contributed by atoms with E-state index in [4.69, 9.17) is 16.0 Å². The van der Waals surface area contributed by atoms with E-state index in [0.29, 0.717) is 22.5 Å². The molecule has 0 aliphatic carbocycles. The number of halogens is 1. The number of amides is 1. The molecular formula is C17H14ClN3O2. The maximum atomic E-state index is 12.1. The third-order valence-electron chi connectivity index (χ3n) is 3.17. The first-order valence-electron chi connectivity index (χ1n) is 7.05. The number of aromatic nitrogens is 2. The molecule has 116 valence electrons. The minimum atomic E-state index is -0.119. The molecule has 1 N–H and O–H groups in total. The Kier molecular flexibility index (Phi) is 4.39. The Balaban J connectivity index is 1.71. The fourth-order valence-electron chi connectivity index (χ4n) is 2.18. The fourth-order valence-corrected chi connectivity index (χ4v) is 2.39. The lowest BCUT2D eigenvalue weighted by Gasteiger charge is -2.06. The van der Waals surface area contributed by atoms with Crippen LogP contribution in [0.15, 0.2) is 52.9 Å². The molecule has 0 atom stereocenters. The number of rotatable bonds is 4. The largest absolute Gasteiger partial charge is 0.421 e. The number of hydrogen-bond acceptors (Lipinski definition) is 4. The molecule has 0 aliphatic heterocycles. The van der Waals surface area contributed by atoms with Crippen molar-refractivity contribution in [2.75, 3.05) is 5.32 Å². The summed E-state index contributed by atoms with van der Waals surface area (Å²) in [5.74, 6) is 0.801. The van der Waals surface area contributed by atoms with Gasteiger partial charge >= 0.3 is 0 Å². The van der Waals surface area contributed by atoms with Crippen molar-refractivity contribution in [1.82, 2.24) is 10.2 Å². The second kappa shape index (κ2) is 6.62. The number of hydrogen-bond donors (Lipinski definition) is 1. The Bertz CT molecular complexity index is 845. The summed E-state index contributed by atoms with van der Waals surface area (Å²) in [6.45, 7) is 1.73. The van der Waals surface area contributed by atoms with Crippen molar-refractivity contribution in [2.24, 2.45) is 0 Å². The average molecular weight is 328 g/mol. The molecule has 0 fully saturated rings. The SMILES string of the molecule is Cc1nnc(-c2cccc(NC(=O)Cc3cccc(Cl)c3)c2)o1. The standard InChI is InChI=1S/C17H14ClN3O2/c1-11-20-21-17(23-11)13-5-3-7-15(10-13)19-16(22)9-12-4-2-6-14(18)8-12/h2-8,10H,9H2,1H3,(H,19,22). The molecule has 0 bridgehead atoms. The van der Waals surface area contributed by atoms with Crippen LogP contribution in [0.25, 0.3) is 11.5 Å². The van der Waals surface area contributed by atoms with E-state index >= 15 is 0 Å². The lowest BCUT2D eigenvalue weighted by Crippen LogP contribution is -2.14. The van der Waals surface area contributed by atoms with Gasteiger partial charge in [-0.3, -0.25) is 4.79 Å². The smallest absolute Gasteiger partial charge is 0.247 e. The van der Waals surface area contributed by atoms with E-state index < -0.39 is 0 Å². The van der Waals surface area contributed by atoms with Gasteiger partial charge in [-0.25, -0.2) is 0 Å². The summed E-state index contributed by atoms with van der Waals surface area (Å²) in [6, 6.07) is 14.5. The molecule has 1 aromatic heterocycles. The van der Waals surface area contributed by atoms with E-state index in [1.807, 2.05) is 30.3 Å². The number of carbonyl (C=O) groups is 1. The topological polar surface area (TPSA) is 68.0 Å². The second-order valence-electron chi connectivity index (χ2n) is 5.06. The summed E-state index contributed by atoms with van der Waals surface area (Å²) in [4.78, 5) is 12.1. The molecule has 0 radical (unpaired) electrons. The Morgan fingerprint density at radius 3 is 2.74 bits per heavy atom. The molecule has 1 amide bonds. The highest BCUT2D eigenvalue weighted by Gasteiger charge is 2.09. The van der Waals surface area contributed by atoms with E-state index in [-0.39, 0.29) is 12.3 Å². The van der Waals surface area contributed by atoms with E-state index in [2.05, 4.69) is 15.5 Å². The Morgan fingerprint density at radius 1 is 1.17 bits per heavy atom. The van der Waals surface area contributed by atoms with Gasteiger partial charge in [0.05, 0.1) is 6.42 Å². The summed E-state index contributed by atoms with van der Waals surface area (Å²) in [5.41, 5.74) is 2.29. The maximum Gasteiger partial charge on any atom is 0.247 e. The molecule has 6 heteroatoms. The summed E-state index contributed by atoms with van der Waals surface area (Å²) >= 11 is 5.92. The molecule has 5 nitrogen and oxygen atoms in total. The number of nitrogens with zero attached hydrogens (tertiary/aromatic N) is 2. The van der Waals surface area contributed by atoms with Crippen LogP contribution in [-0.2, 0) is 11.2 Å². The molecule has 0 aliphatic rings. The summed E-state index contributed by atoms with van der Waals surface area (Å²) in [5, 5.41) is 11.2. The predicted octanol–water partition coefficient (Wildman–Crippen LogP) is 3.88. The summed E-state index contributed by atoms with van der Waals surface area (Å²) < 4.78 is 5.39. The van der Waals surface area contributed by atoms with Crippen LogP contribution in [0.5, 0.6) is 0 Å². The molecule has 23 heavy (non-hydrogen) atoms. The van der Waals surface area contributed by atoms with Crippen LogP contribution >= 0.6 is 11.6 Å². The molecule has 1 heterocycles. The third kappa shape index (κ3) is 3.96. The van der Waals surface area contributed by atoms with Crippen molar-refractivity contribution in [3.8, 4) is 11.5 Å². The number of anilines is 1. The van der Waals surface area contributed by atoms with Crippen LogP contribution in [-0.4, -0.2) is 16.1 Å². The zero-order valence-electron chi connectivity index (χ0n) is 12.4. The van der Waals surface area contributed by atoms with E-state index in [1.54, 1.807) is 25.1 Å².